The Morgan fingerprint density at radius 3 is 2.73 bits per heavy atom. The maximum atomic E-state index is 13.0. The van der Waals surface area contributed by atoms with E-state index in [0.29, 0.717) is 16.5 Å². The van der Waals surface area contributed by atoms with Crippen molar-refractivity contribution in [3.63, 3.8) is 0 Å². The Hall–Kier alpha value is -2.53. The molecule has 9 nitrogen and oxygen atoms in total. The van der Waals surface area contributed by atoms with Gasteiger partial charge in [0.25, 0.3) is 5.91 Å². The molecule has 1 unspecified atom stereocenters. The summed E-state index contributed by atoms with van der Waals surface area (Å²) in [5.41, 5.74) is 0. The summed E-state index contributed by atoms with van der Waals surface area (Å²) >= 11 is 2.78. The first kappa shape index (κ1) is 16.9. The van der Waals surface area contributed by atoms with Gasteiger partial charge in [0.05, 0.1) is 22.7 Å². The topological polar surface area (TPSA) is 104 Å². The van der Waals surface area contributed by atoms with Crippen molar-refractivity contribution in [3.05, 3.63) is 22.6 Å². The Balaban J connectivity index is 1.67. The second-order valence-corrected chi connectivity index (χ2v) is 8.27. The first-order valence-corrected chi connectivity index (χ1v) is 9.48. The van der Waals surface area contributed by atoms with E-state index >= 15 is 0 Å². The lowest BCUT2D eigenvalue weighted by molar-refractivity contribution is -0.143. The second-order valence-electron chi connectivity index (χ2n) is 6.23. The number of carboxylic acids is 1. The molecule has 1 amide bonds. The predicted octanol–water partition coefficient (Wildman–Crippen LogP) is 1.43. The number of hydrogen-bond donors (Lipinski definition) is 1. The van der Waals surface area contributed by atoms with Gasteiger partial charge in [-0.2, -0.15) is 0 Å². The maximum Gasteiger partial charge on any atom is 0.328 e. The van der Waals surface area contributed by atoms with Gasteiger partial charge in [-0.3, -0.25) is 4.79 Å². The highest BCUT2D eigenvalue weighted by molar-refractivity contribution is 7.29. The van der Waals surface area contributed by atoms with E-state index in [9.17, 15) is 14.7 Å². The molecule has 0 fully saturated rings. The van der Waals surface area contributed by atoms with Crippen LogP contribution in [0.4, 0.5) is 5.13 Å². The van der Waals surface area contributed by atoms with Crippen LogP contribution in [0, 0.1) is 6.92 Å². The fourth-order valence-corrected chi connectivity index (χ4v) is 4.99. The first-order valence-electron chi connectivity index (χ1n) is 7.85. The highest BCUT2D eigenvalue weighted by Gasteiger charge is 2.37. The van der Waals surface area contributed by atoms with Crippen molar-refractivity contribution in [3.8, 4) is 0 Å². The minimum atomic E-state index is -1.04. The molecule has 11 heteroatoms. The van der Waals surface area contributed by atoms with Gasteiger partial charge in [0.2, 0.25) is 0 Å². The number of carbonyl (C=O) groups excluding carboxylic acids is 1. The lowest BCUT2D eigenvalue weighted by Crippen LogP contribution is -2.50. The van der Waals surface area contributed by atoms with Crippen molar-refractivity contribution in [2.24, 2.45) is 0 Å². The number of hydrogen-bond acceptors (Lipinski definition) is 8. The number of carbonyl (C=O) groups is 2. The van der Waals surface area contributed by atoms with Crippen molar-refractivity contribution in [1.82, 2.24) is 24.6 Å². The van der Waals surface area contributed by atoms with Crippen LogP contribution in [0.5, 0.6) is 0 Å². The van der Waals surface area contributed by atoms with Crippen molar-refractivity contribution >= 4 is 49.2 Å². The maximum absolute atomic E-state index is 13.0. The van der Waals surface area contributed by atoms with Crippen LogP contribution in [0.1, 0.15) is 21.3 Å². The summed E-state index contributed by atoms with van der Waals surface area (Å²) in [5.74, 6) is -0.107. The monoisotopic (exact) mass is 392 g/mol. The lowest BCUT2D eigenvalue weighted by Gasteiger charge is -2.33. The van der Waals surface area contributed by atoms with Crippen LogP contribution in [-0.2, 0) is 17.9 Å². The van der Waals surface area contributed by atoms with E-state index in [4.69, 9.17) is 0 Å². The molecule has 3 aromatic heterocycles. The molecule has 136 valence electrons. The molecule has 1 N–H and O–H groups in total. The average Bonchev–Trinajstić information content (AvgIpc) is 3.26. The van der Waals surface area contributed by atoms with Gasteiger partial charge in [-0.1, -0.05) is 11.3 Å². The van der Waals surface area contributed by atoms with E-state index in [1.165, 1.54) is 27.6 Å². The third-order valence-corrected chi connectivity index (χ3v) is 6.59. The summed E-state index contributed by atoms with van der Waals surface area (Å²) in [7, 11) is 3.83. The number of rotatable bonds is 3. The molecule has 3 aromatic rings. The third kappa shape index (κ3) is 2.63. The minimum Gasteiger partial charge on any atom is -0.480 e. The van der Waals surface area contributed by atoms with E-state index in [-0.39, 0.29) is 19.0 Å². The molecule has 4 heterocycles. The van der Waals surface area contributed by atoms with Gasteiger partial charge in [-0.25, -0.2) is 9.78 Å². The van der Waals surface area contributed by atoms with Crippen molar-refractivity contribution < 1.29 is 14.7 Å². The van der Waals surface area contributed by atoms with Crippen molar-refractivity contribution in [1.29, 1.82) is 0 Å². The summed E-state index contributed by atoms with van der Waals surface area (Å²) in [4.78, 5) is 33.8. The number of aromatic nitrogens is 4. The number of aryl methyl sites for hydroxylation is 1. The lowest BCUT2D eigenvalue weighted by atomic mass is 10.1. The number of nitrogens with zero attached hydrogens (tertiary/aromatic N) is 6. The van der Waals surface area contributed by atoms with E-state index in [0.717, 1.165) is 14.7 Å². The molecule has 0 radical (unpaired) electrons. The average molecular weight is 392 g/mol. The summed E-state index contributed by atoms with van der Waals surface area (Å²) in [6, 6.07) is 0.839. The molecular weight excluding hydrogens is 376 g/mol. The largest absolute Gasteiger partial charge is 0.480 e. The Morgan fingerprint density at radius 1 is 1.31 bits per heavy atom. The van der Waals surface area contributed by atoms with Crippen LogP contribution in [0.25, 0.3) is 9.53 Å². The van der Waals surface area contributed by atoms with Gasteiger partial charge >= 0.3 is 5.97 Å². The zero-order valence-corrected chi connectivity index (χ0v) is 16.0. The van der Waals surface area contributed by atoms with E-state index in [2.05, 4.69) is 15.2 Å². The normalized spacial score (nSPS) is 16.7. The molecule has 4 rings (SSSR count). The fourth-order valence-electron chi connectivity index (χ4n) is 2.90. The van der Waals surface area contributed by atoms with Gasteiger partial charge in [-0.05, 0) is 13.0 Å². The van der Waals surface area contributed by atoms with Gasteiger partial charge in [0, 0.05) is 14.1 Å². The van der Waals surface area contributed by atoms with Gasteiger partial charge in [-0.15, -0.1) is 21.5 Å². The highest BCUT2D eigenvalue weighted by Crippen LogP contribution is 2.35. The van der Waals surface area contributed by atoms with Crippen LogP contribution < -0.4 is 4.90 Å². The minimum absolute atomic E-state index is 0.124. The van der Waals surface area contributed by atoms with Crippen LogP contribution in [0.15, 0.2) is 6.07 Å². The Labute approximate surface area is 156 Å². The third-order valence-electron chi connectivity index (χ3n) is 4.27. The Morgan fingerprint density at radius 2 is 2.08 bits per heavy atom. The quantitative estimate of drug-likeness (QED) is 0.719. The number of carboxylic acid groups (broad SMARTS) is 1. The first-order chi connectivity index (χ1) is 12.3. The molecule has 0 saturated carbocycles. The smallest absolute Gasteiger partial charge is 0.328 e. The standard InChI is InChI=1S/C15H16N6O3S2/c1-7-17-18-11-6-21(8(14(23)24)5-20(7)11)13(22)10-4-9-12(25-10)16-15(26-9)19(2)3/h4,8H,5-6H2,1-3H3,(H,23,24). The van der Waals surface area contributed by atoms with Crippen molar-refractivity contribution in [2.45, 2.75) is 26.1 Å². The molecule has 1 atom stereocenters. The zero-order chi connectivity index (χ0) is 18.6. The molecule has 0 bridgehead atoms. The number of thiophene rings is 1. The molecule has 1 aliphatic heterocycles. The number of thiazole rings is 1. The van der Waals surface area contributed by atoms with E-state index in [1.807, 2.05) is 19.0 Å². The van der Waals surface area contributed by atoms with Crippen LogP contribution >= 0.6 is 22.7 Å². The Kier molecular flexibility index (Phi) is 3.92. The number of anilines is 1. The van der Waals surface area contributed by atoms with Gasteiger partial charge in [0.15, 0.2) is 11.0 Å². The Bertz CT molecular complexity index is 989. The van der Waals surface area contributed by atoms with Gasteiger partial charge < -0.3 is 19.5 Å². The molecule has 0 aliphatic carbocycles. The summed E-state index contributed by atoms with van der Waals surface area (Å²) in [6.45, 7) is 2.05. The molecule has 0 aromatic carbocycles. The highest BCUT2D eigenvalue weighted by atomic mass is 32.1. The zero-order valence-electron chi connectivity index (χ0n) is 14.3. The van der Waals surface area contributed by atoms with E-state index in [1.54, 1.807) is 17.6 Å². The SMILES string of the molecule is Cc1nnc2n1CC(C(=O)O)N(C(=O)c1cc3sc(N(C)C)nc3s1)C2. The second kappa shape index (κ2) is 6.02. The predicted molar refractivity (Wildman–Crippen MR) is 97.9 cm³/mol. The van der Waals surface area contributed by atoms with Crippen LogP contribution in [0.3, 0.4) is 0 Å². The van der Waals surface area contributed by atoms with Gasteiger partial charge in [0.1, 0.15) is 16.7 Å². The van der Waals surface area contributed by atoms with E-state index < -0.39 is 12.0 Å². The summed E-state index contributed by atoms with van der Waals surface area (Å²) in [6.07, 6.45) is 0. The molecule has 1 aliphatic rings. The number of fused-ring (bicyclic) bond motifs is 2. The molecule has 0 spiro atoms. The molecule has 26 heavy (non-hydrogen) atoms. The summed E-state index contributed by atoms with van der Waals surface area (Å²) < 4.78 is 2.67. The van der Waals surface area contributed by atoms with Crippen LogP contribution in [0.2, 0.25) is 0 Å². The molecular formula is C15H16N6O3S2. The summed E-state index contributed by atoms with van der Waals surface area (Å²) in [5, 5.41) is 18.5. The molecule has 0 saturated heterocycles. The number of aliphatic carboxylic acids is 1. The van der Waals surface area contributed by atoms with Crippen LogP contribution in [-0.4, -0.2) is 61.8 Å². The number of amides is 1. The van der Waals surface area contributed by atoms with Crippen molar-refractivity contribution in [2.75, 3.05) is 19.0 Å². The fraction of sp³-hybridized carbons (Fsp3) is 0.400.